The number of aromatic nitrogens is 3. The number of carbonyl (C=O) groups excluding carboxylic acids is 1. The Bertz CT molecular complexity index is 860. The minimum Gasteiger partial charge on any atom is -0.349 e. The summed E-state index contributed by atoms with van der Waals surface area (Å²) in [5, 5.41) is 25.0. The first kappa shape index (κ1) is 16.5. The van der Waals surface area contributed by atoms with E-state index in [1.54, 1.807) is 29.2 Å². The van der Waals surface area contributed by atoms with E-state index in [9.17, 15) is 4.79 Å². The molecule has 0 bridgehead atoms. The third-order valence-electron chi connectivity index (χ3n) is 4.50. The van der Waals surface area contributed by atoms with Crippen LogP contribution in [0.3, 0.4) is 0 Å². The van der Waals surface area contributed by atoms with Gasteiger partial charge in [0.15, 0.2) is 6.19 Å². The van der Waals surface area contributed by atoms with Crippen LogP contribution >= 0.6 is 0 Å². The van der Waals surface area contributed by atoms with Crippen molar-refractivity contribution in [1.82, 2.24) is 25.0 Å². The van der Waals surface area contributed by atoms with Crippen molar-refractivity contribution in [2.75, 3.05) is 13.1 Å². The van der Waals surface area contributed by atoms with E-state index in [4.69, 9.17) is 10.5 Å². The standard InChI is InChI=1S/C17H17N7O/c1-12-14(5-6-23(12)10-19)9-20-17(25)16-21-11-24(22-16)15-4-2-3-13(7-15)8-18/h2-4,7,11-12,14H,5-6,9H2,1H3,(H,20,25)/t12-,14+/m1/s1. The van der Waals surface area contributed by atoms with Crippen LogP contribution in [0.1, 0.15) is 29.5 Å². The quantitative estimate of drug-likeness (QED) is 0.836. The molecule has 8 nitrogen and oxygen atoms in total. The largest absolute Gasteiger partial charge is 0.349 e. The lowest BCUT2D eigenvalue weighted by Gasteiger charge is -2.19. The Balaban J connectivity index is 1.63. The molecule has 0 saturated carbocycles. The lowest BCUT2D eigenvalue weighted by Crippen LogP contribution is -2.35. The van der Waals surface area contributed by atoms with E-state index < -0.39 is 0 Å². The molecule has 126 valence electrons. The number of rotatable bonds is 4. The van der Waals surface area contributed by atoms with Crippen LogP contribution in [0.2, 0.25) is 0 Å². The van der Waals surface area contributed by atoms with Gasteiger partial charge >= 0.3 is 0 Å². The molecule has 1 aromatic carbocycles. The Kier molecular flexibility index (Phi) is 4.62. The maximum atomic E-state index is 12.2. The number of likely N-dealkylation sites (tertiary alicyclic amines) is 1. The minimum absolute atomic E-state index is 0.0742. The second kappa shape index (κ2) is 7.02. The molecule has 1 aliphatic heterocycles. The molecule has 1 N–H and O–H groups in total. The van der Waals surface area contributed by atoms with Gasteiger partial charge in [-0.3, -0.25) is 4.79 Å². The van der Waals surface area contributed by atoms with E-state index in [0.29, 0.717) is 17.8 Å². The summed E-state index contributed by atoms with van der Waals surface area (Å²) in [6.45, 7) is 3.19. The number of nitriles is 2. The molecule has 25 heavy (non-hydrogen) atoms. The molecular weight excluding hydrogens is 318 g/mol. The van der Waals surface area contributed by atoms with Gasteiger partial charge in [0.25, 0.3) is 5.91 Å². The number of hydrogen-bond acceptors (Lipinski definition) is 6. The Morgan fingerprint density at radius 3 is 3.00 bits per heavy atom. The Labute approximate surface area is 145 Å². The molecule has 0 unspecified atom stereocenters. The lowest BCUT2D eigenvalue weighted by molar-refractivity contribution is 0.0935. The second-order valence-corrected chi connectivity index (χ2v) is 5.97. The van der Waals surface area contributed by atoms with Crippen molar-refractivity contribution in [3.05, 3.63) is 42.0 Å². The SMILES string of the molecule is C[C@@H]1[C@H](CNC(=O)c2ncn(-c3cccc(C#N)c3)n2)CCN1C#N. The molecule has 1 saturated heterocycles. The second-order valence-electron chi connectivity index (χ2n) is 5.97. The van der Waals surface area contributed by atoms with Crippen LogP contribution in [-0.4, -0.2) is 44.7 Å². The highest BCUT2D eigenvalue weighted by atomic mass is 16.2. The molecule has 0 aliphatic carbocycles. The van der Waals surface area contributed by atoms with Gasteiger partial charge in [0.1, 0.15) is 6.33 Å². The molecule has 2 atom stereocenters. The minimum atomic E-state index is -0.349. The van der Waals surface area contributed by atoms with Crippen molar-refractivity contribution >= 4 is 5.91 Å². The first-order valence-corrected chi connectivity index (χ1v) is 7.99. The van der Waals surface area contributed by atoms with E-state index in [0.717, 1.165) is 13.0 Å². The van der Waals surface area contributed by atoms with Crippen molar-refractivity contribution in [3.8, 4) is 17.9 Å². The van der Waals surface area contributed by atoms with Crippen molar-refractivity contribution in [2.45, 2.75) is 19.4 Å². The molecule has 0 spiro atoms. The topological polar surface area (TPSA) is 111 Å². The number of hydrogen-bond donors (Lipinski definition) is 1. The van der Waals surface area contributed by atoms with Crippen LogP contribution in [0.5, 0.6) is 0 Å². The summed E-state index contributed by atoms with van der Waals surface area (Å²) in [4.78, 5) is 18.0. The van der Waals surface area contributed by atoms with Crippen LogP contribution < -0.4 is 5.32 Å². The summed E-state index contributed by atoms with van der Waals surface area (Å²) >= 11 is 0. The van der Waals surface area contributed by atoms with Gasteiger partial charge in [-0.1, -0.05) is 6.07 Å². The van der Waals surface area contributed by atoms with E-state index >= 15 is 0 Å². The van der Waals surface area contributed by atoms with Gasteiger partial charge < -0.3 is 10.2 Å². The summed E-state index contributed by atoms with van der Waals surface area (Å²) in [5.74, 6) is -0.0408. The molecule has 1 amide bonds. The highest BCUT2D eigenvalue weighted by Crippen LogP contribution is 2.22. The highest BCUT2D eigenvalue weighted by Gasteiger charge is 2.30. The fourth-order valence-corrected chi connectivity index (χ4v) is 2.93. The summed E-state index contributed by atoms with van der Waals surface area (Å²) < 4.78 is 1.46. The number of amides is 1. The summed E-state index contributed by atoms with van der Waals surface area (Å²) in [5.41, 5.74) is 1.18. The number of carbonyl (C=O) groups is 1. The summed E-state index contributed by atoms with van der Waals surface area (Å²) in [7, 11) is 0. The van der Waals surface area contributed by atoms with Gasteiger partial charge in [0.05, 0.1) is 17.3 Å². The molecule has 1 aromatic heterocycles. The highest BCUT2D eigenvalue weighted by molar-refractivity contribution is 5.90. The zero-order valence-corrected chi connectivity index (χ0v) is 13.8. The molecule has 1 fully saturated rings. The maximum absolute atomic E-state index is 12.2. The number of nitrogens with one attached hydrogen (secondary N) is 1. The predicted octanol–water partition coefficient (Wildman–Crippen LogP) is 1.06. The van der Waals surface area contributed by atoms with Crippen LogP contribution in [-0.2, 0) is 0 Å². The third kappa shape index (κ3) is 3.43. The van der Waals surface area contributed by atoms with E-state index in [2.05, 4.69) is 27.7 Å². The first-order valence-electron chi connectivity index (χ1n) is 7.99. The summed E-state index contributed by atoms with van der Waals surface area (Å²) in [6, 6.07) is 9.08. The van der Waals surface area contributed by atoms with Gasteiger partial charge in [-0.25, -0.2) is 9.67 Å². The molecule has 3 rings (SSSR count). The van der Waals surface area contributed by atoms with Crippen molar-refractivity contribution < 1.29 is 4.79 Å². The van der Waals surface area contributed by atoms with Crippen LogP contribution in [0.25, 0.3) is 5.69 Å². The normalized spacial score (nSPS) is 19.2. The lowest BCUT2D eigenvalue weighted by atomic mass is 10.0. The van der Waals surface area contributed by atoms with E-state index in [1.165, 1.54) is 11.0 Å². The summed E-state index contributed by atoms with van der Waals surface area (Å²) in [6.07, 6.45) is 4.48. The van der Waals surface area contributed by atoms with Gasteiger partial charge in [-0.05, 0) is 37.5 Å². The molecule has 1 aliphatic rings. The predicted molar refractivity (Wildman–Crippen MR) is 88.3 cm³/mol. The zero-order valence-electron chi connectivity index (χ0n) is 13.8. The van der Waals surface area contributed by atoms with Crippen molar-refractivity contribution in [3.63, 3.8) is 0 Å². The first-order chi connectivity index (χ1) is 12.1. The smallest absolute Gasteiger partial charge is 0.290 e. The maximum Gasteiger partial charge on any atom is 0.290 e. The fraction of sp³-hybridized carbons (Fsp3) is 0.353. The van der Waals surface area contributed by atoms with Crippen molar-refractivity contribution in [1.29, 1.82) is 10.5 Å². The van der Waals surface area contributed by atoms with Crippen LogP contribution in [0.15, 0.2) is 30.6 Å². The van der Waals surface area contributed by atoms with Gasteiger partial charge in [0, 0.05) is 19.1 Å². The number of nitrogens with zero attached hydrogens (tertiary/aromatic N) is 6. The fourth-order valence-electron chi connectivity index (χ4n) is 2.93. The number of benzene rings is 1. The average Bonchev–Trinajstić information content (AvgIpc) is 3.27. The van der Waals surface area contributed by atoms with E-state index in [1.807, 2.05) is 6.92 Å². The monoisotopic (exact) mass is 335 g/mol. The Morgan fingerprint density at radius 1 is 1.44 bits per heavy atom. The van der Waals surface area contributed by atoms with Gasteiger partial charge in [0.2, 0.25) is 5.82 Å². The Morgan fingerprint density at radius 2 is 2.28 bits per heavy atom. The van der Waals surface area contributed by atoms with Crippen molar-refractivity contribution in [2.24, 2.45) is 5.92 Å². The van der Waals surface area contributed by atoms with E-state index in [-0.39, 0.29) is 23.7 Å². The molecular formula is C17H17N7O. The zero-order chi connectivity index (χ0) is 17.8. The molecule has 2 heterocycles. The van der Waals surface area contributed by atoms with Gasteiger partial charge in [-0.15, -0.1) is 5.10 Å². The molecule has 2 aromatic rings. The molecule has 8 heteroatoms. The van der Waals surface area contributed by atoms with Crippen LogP contribution in [0.4, 0.5) is 0 Å². The van der Waals surface area contributed by atoms with Crippen LogP contribution in [0, 0.1) is 28.7 Å². The average molecular weight is 335 g/mol. The molecule has 0 radical (unpaired) electrons. The van der Waals surface area contributed by atoms with Gasteiger partial charge in [-0.2, -0.15) is 10.5 Å². The Hall–Kier alpha value is -3.39. The third-order valence-corrected chi connectivity index (χ3v) is 4.50.